The standard InChI is InChI=1S/C15H26N2O2S/c1-5-12(3)10-17-20(18,19)15-9-7-8-14(13(15)4)11-16-6-2/h7-9,12,16-17H,5-6,10-11H2,1-4H3. The fourth-order valence-electron chi connectivity index (χ4n) is 1.88. The lowest BCUT2D eigenvalue weighted by molar-refractivity contribution is 0.528. The van der Waals surface area contributed by atoms with Crippen molar-refractivity contribution in [1.82, 2.24) is 10.0 Å². The highest BCUT2D eigenvalue weighted by Gasteiger charge is 2.18. The summed E-state index contributed by atoms with van der Waals surface area (Å²) in [5, 5.41) is 3.23. The van der Waals surface area contributed by atoms with Crippen molar-refractivity contribution < 1.29 is 8.42 Å². The second-order valence-corrected chi connectivity index (χ2v) is 6.92. The van der Waals surface area contributed by atoms with Gasteiger partial charge in [-0.25, -0.2) is 13.1 Å². The number of rotatable bonds is 8. The lowest BCUT2D eigenvalue weighted by Gasteiger charge is -2.14. The quantitative estimate of drug-likeness (QED) is 0.775. The maximum Gasteiger partial charge on any atom is 0.240 e. The van der Waals surface area contributed by atoms with Gasteiger partial charge in [-0.05, 0) is 36.6 Å². The monoisotopic (exact) mass is 298 g/mol. The molecule has 0 saturated carbocycles. The molecule has 0 aliphatic carbocycles. The van der Waals surface area contributed by atoms with Crippen LogP contribution in [0.15, 0.2) is 23.1 Å². The minimum Gasteiger partial charge on any atom is -0.313 e. The van der Waals surface area contributed by atoms with Crippen LogP contribution in [0, 0.1) is 12.8 Å². The van der Waals surface area contributed by atoms with E-state index in [0.29, 0.717) is 23.9 Å². The summed E-state index contributed by atoms with van der Waals surface area (Å²) in [6, 6.07) is 5.44. The first-order valence-corrected chi connectivity index (χ1v) is 8.69. The number of hydrogen-bond donors (Lipinski definition) is 2. The zero-order valence-corrected chi connectivity index (χ0v) is 13.7. The fourth-order valence-corrected chi connectivity index (χ4v) is 3.33. The van der Waals surface area contributed by atoms with E-state index in [-0.39, 0.29) is 0 Å². The lowest BCUT2D eigenvalue weighted by atomic mass is 10.1. The Morgan fingerprint density at radius 3 is 2.55 bits per heavy atom. The molecule has 20 heavy (non-hydrogen) atoms. The maximum absolute atomic E-state index is 12.4. The van der Waals surface area contributed by atoms with E-state index in [1.807, 2.05) is 26.8 Å². The second-order valence-electron chi connectivity index (χ2n) is 5.19. The Kier molecular flexibility index (Phi) is 6.65. The molecule has 0 amide bonds. The van der Waals surface area contributed by atoms with Gasteiger partial charge in [0, 0.05) is 13.1 Å². The van der Waals surface area contributed by atoms with Gasteiger partial charge in [0.2, 0.25) is 10.0 Å². The van der Waals surface area contributed by atoms with Crippen LogP contribution < -0.4 is 10.0 Å². The zero-order valence-electron chi connectivity index (χ0n) is 12.9. The van der Waals surface area contributed by atoms with Crippen molar-refractivity contribution in [2.45, 2.75) is 45.6 Å². The van der Waals surface area contributed by atoms with Gasteiger partial charge in [-0.15, -0.1) is 0 Å². The molecule has 1 atom stereocenters. The zero-order chi connectivity index (χ0) is 15.2. The summed E-state index contributed by atoms with van der Waals surface area (Å²) in [6.45, 7) is 10.0. The summed E-state index contributed by atoms with van der Waals surface area (Å²) in [6.07, 6.45) is 0.960. The number of sulfonamides is 1. The molecule has 1 rings (SSSR count). The van der Waals surface area contributed by atoms with Gasteiger partial charge in [-0.3, -0.25) is 0 Å². The average molecular weight is 298 g/mol. The molecule has 0 fully saturated rings. The minimum atomic E-state index is -3.42. The van der Waals surface area contributed by atoms with Crippen LogP contribution in [0.2, 0.25) is 0 Å². The molecule has 0 saturated heterocycles. The van der Waals surface area contributed by atoms with Gasteiger partial charge >= 0.3 is 0 Å². The van der Waals surface area contributed by atoms with Gasteiger partial charge in [0.1, 0.15) is 0 Å². The summed E-state index contributed by atoms with van der Waals surface area (Å²) < 4.78 is 27.4. The van der Waals surface area contributed by atoms with Crippen LogP contribution in [0.1, 0.15) is 38.3 Å². The summed E-state index contributed by atoms with van der Waals surface area (Å²) in [4.78, 5) is 0.385. The third-order valence-electron chi connectivity index (χ3n) is 3.57. The van der Waals surface area contributed by atoms with Crippen LogP contribution in [0.3, 0.4) is 0 Å². The second kappa shape index (κ2) is 7.76. The Morgan fingerprint density at radius 2 is 1.95 bits per heavy atom. The highest BCUT2D eigenvalue weighted by Crippen LogP contribution is 2.19. The molecule has 0 aliphatic heterocycles. The molecule has 1 unspecified atom stereocenters. The molecule has 1 aromatic carbocycles. The first kappa shape index (κ1) is 17.1. The van der Waals surface area contributed by atoms with E-state index >= 15 is 0 Å². The first-order valence-electron chi connectivity index (χ1n) is 7.21. The van der Waals surface area contributed by atoms with E-state index in [9.17, 15) is 8.42 Å². The summed E-state index contributed by atoms with van der Waals surface area (Å²) in [7, 11) is -3.42. The van der Waals surface area contributed by atoms with Crippen molar-refractivity contribution >= 4 is 10.0 Å². The van der Waals surface area contributed by atoms with E-state index in [4.69, 9.17) is 0 Å². The topological polar surface area (TPSA) is 58.2 Å². The van der Waals surface area contributed by atoms with E-state index in [0.717, 1.165) is 24.1 Å². The lowest BCUT2D eigenvalue weighted by Crippen LogP contribution is -2.29. The Bertz CT molecular complexity index is 527. The predicted molar refractivity (Wildman–Crippen MR) is 83.2 cm³/mol. The summed E-state index contributed by atoms with van der Waals surface area (Å²) in [5.41, 5.74) is 1.85. The molecule has 5 heteroatoms. The van der Waals surface area contributed by atoms with Crippen LogP contribution >= 0.6 is 0 Å². The molecule has 0 aliphatic rings. The van der Waals surface area contributed by atoms with Crippen molar-refractivity contribution in [2.75, 3.05) is 13.1 Å². The number of benzene rings is 1. The Balaban J connectivity index is 2.94. The van der Waals surface area contributed by atoms with Crippen LogP contribution in [0.4, 0.5) is 0 Å². The molecule has 1 aromatic rings. The van der Waals surface area contributed by atoms with Crippen LogP contribution in [0.25, 0.3) is 0 Å². The Hall–Kier alpha value is -0.910. The Morgan fingerprint density at radius 1 is 1.25 bits per heavy atom. The van der Waals surface area contributed by atoms with E-state index in [1.165, 1.54) is 0 Å². The first-order chi connectivity index (χ1) is 9.42. The smallest absolute Gasteiger partial charge is 0.240 e. The molecule has 0 bridgehead atoms. The fraction of sp³-hybridized carbons (Fsp3) is 0.600. The molecule has 0 spiro atoms. The largest absolute Gasteiger partial charge is 0.313 e. The van der Waals surface area contributed by atoms with Gasteiger partial charge in [0.25, 0.3) is 0 Å². The van der Waals surface area contributed by atoms with Gasteiger partial charge in [-0.2, -0.15) is 0 Å². The van der Waals surface area contributed by atoms with E-state index in [1.54, 1.807) is 12.1 Å². The van der Waals surface area contributed by atoms with Crippen molar-refractivity contribution in [2.24, 2.45) is 5.92 Å². The molecule has 0 aromatic heterocycles. The summed E-state index contributed by atoms with van der Waals surface area (Å²) >= 11 is 0. The maximum atomic E-state index is 12.4. The normalized spacial score (nSPS) is 13.4. The average Bonchev–Trinajstić information content (AvgIpc) is 2.43. The predicted octanol–water partition coefficient (Wildman–Crippen LogP) is 2.43. The van der Waals surface area contributed by atoms with E-state index in [2.05, 4.69) is 17.0 Å². The third kappa shape index (κ3) is 4.58. The highest BCUT2D eigenvalue weighted by molar-refractivity contribution is 7.89. The van der Waals surface area contributed by atoms with Crippen LogP contribution in [-0.4, -0.2) is 21.5 Å². The van der Waals surface area contributed by atoms with E-state index < -0.39 is 10.0 Å². The number of nitrogens with one attached hydrogen (secondary N) is 2. The van der Waals surface area contributed by atoms with Gasteiger partial charge in [-0.1, -0.05) is 39.3 Å². The van der Waals surface area contributed by atoms with Crippen molar-refractivity contribution in [3.05, 3.63) is 29.3 Å². The SMILES string of the molecule is CCNCc1cccc(S(=O)(=O)NCC(C)CC)c1C. The molecule has 0 heterocycles. The molecular weight excluding hydrogens is 272 g/mol. The van der Waals surface area contributed by atoms with Gasteiger partial charge in [0.05, 0.1) is 4.90 Å². The Labute approximate surface area is 123 Å². The van der Waals surface area contributed by atoms with Gasteiger partial charge < -0.3 is 5.32 Å². The van der Waals surface area contributed by atoms with Gasteiger partial charge in [0.15, 0.2) is 0 Å². The molecule has 2 N–H and O–H groups in total. The minimum absolute atomic E-state index is 0.343. The highest BCUT2D eigenvalue weighted by atomic mass is 32.2. The van der Waals surface area contributed by atoms with Crippen molar-refractivity contribution in [1.29, 1.82) is 0 Å². The molecular formula is C15H26N2O2S. The van der Waals surface area contributed by atoms with Crippen LogP contribution in [0.5, 0.6) is 0 Å². The third-order valence-corrected chi connectivity index (χ3v) is 5.14. The number of hydrogen-bond acceptors (Lipinski definition) is 3. The van der Waals surface area contributed by atoms with Crippen LogP contribution in [-0.2, 0) is 16.6 Å². The molecule has 114 valence electrons. The molecule has 4 nitrogen and oxygen atoms in total. The van der Waals surface area contributed by atoms with Crippen molar-refractivity contribution in [3.8, 4) is 0 Å². The molecule has 0 radical (unpaired) electrons. The summed E-state index contributed by atoms with van der Waals surface area (Å²) in [5.74, 6) is 0.343. The van der Waals surface area contributed by atoms with Crippen molar-refractivity contribution in [3.63, 3.8) is 0 Å².